The summed E-state index contributed by atoms with van der Waals surface area (Å²) in [4.78, 5) is 12.3. The molecule has 0 aliphatic carbocycles. The average molecular weight is 303 g/mol. The summed E-state index contributed by atoms with van der Waals surface area (Å²) in [5.74, 6) is -0.555. The maximum atomic E-state index is 13.2. The Balaban J connectivity index is 2.17. The lowest BCUT2D eigenvalue weighted by Gasteiger charge is -2.34. The number of hydrogen-bond acceptors (Lipinski definition) is 2. The fraction of sp³-hybridized carbons (Fsp3) is 0.643. The molecule has 1 aliphatic rings. The lowest BCUT2D eigenvalue weighted by Crippen LogP contribution is -2.51. The minimum absolute atomic E-state index is 0.0470. The number of piperidine rings is 1. The molecule has 0 aromatic carbocycles. The van der Waals surface area contributed by atoms with Crippen molar-refractivity contribution in [2.45, 2.75) is 32.0 Å². The summed E-state index contributed by atoms with van der Waals surface area (Å²) < 4.78 is 41.2. The highest BCUT2D eigenvalue weighted by molar-refractivity contribution is 5.83. The first-order valence-corrected chi connectivity index (χ1v) is 6.93. The molecule has 1 amide bonds. The molecule has 1 aliphatic heterocycles. The van der Waals surface area contributed by atoms with Crippen molar-refractivity contribution < 1.29 is 18.0 Å². The second kappa shape index (κ2) is 5.71. The predicted octanol–water partition coefficient (Wildman–Crippen LogP) is 2.13. The standard InChI is InChI=1S/C14H20F3N3O/c1-13(5-3-6-18-9-13)12(21)19-11(14(15,16)17)10-4-7-20(2)8-10/h4,7-8,11,18H,3,5-6,9H2,1-2H3,(H,19,21)/t11-,13-/m0/s1. The molecule has 1 saturated heterocycles. The van der Waals surface area contributed by atoms with E-state index in [0.29, 0.717) is 13.0 Å². The quantitative estimate of drug-likeness (QED) is 0.898. The Morgan fingerprint density at radius 2 is 2.24 bits per heavy atom. The van der Waals surface area contributed by atoms with Gasteiger partial charge in [0.2, 0.25) is 5.91 Å². The predicted molar refractivity (Wildman–Crippen MR) is 72.6 cm³/mol. The molecule has 0 bridgehead atoms. The number of halogens is 3. The van der Waals surface area contributed by atoms with E-state index in [1.54, 1.807) is 14.0 Å². The Hall–Kier alpha value is -1.50. The van der Waals surface area contributed by atoms with Gasteiger partial charge in [-0.1, -0.05) is 0 Å². The van der Waals surface area contributed by atoms with Crippen LogP contribution >= 0.6 is 0 Å². The van der Waals surface area contributed by atoms with E-state index in [-0.39, 0.29) is 5.56 Å². The van der Waals surface area contributed by atoms with Gasteiger partial charge < -0.3 is 15.2 Å². The van der Waals surface area contributed by atoms with E-state index in [1.807, 2.05) is 0 Å². The van der Waals surface area contributed by atoms with Crippen molar-refractivity contribution in [2.75, 3.05) is 13.1 Å². The second-order valence-corrected chi connectivity index (χ2v) is 5.90. The Morgan fingerprint density at radius 1 is 1.52 bits per heavy atom. The number of hydrogen-bond donors (Lipinski definition) is 2. The Bertz CT molecular complexity index is 504. The van der Waals surface area contributed by atoms with Gasteiger partial charge in [0.15, 0.2) is 6.04 Å². The van der Waals surface area contributed by atoms with Gasteiger partial charge in [-0.15, -0.1) is 0 Å². The molecular weight excluding hydrogens is 283 g/mol. The van der Waals surface area contributed by atoms with Crippen LogP contribution in [0, 0.1) is 5.41 Å². The van der Waals surface area contributed by atoms with Crippen LogP contribution in [0.25, 0.3) is 0 Å². The highest BCUT2D eigenvalue weighted by Gasteiger charge is 2.45. The van der Waals surface area contributed by atoms with E-state index in [2.05, 4.69) is 10.6 Å². The molecule has 1 aromatic heterocycles. The number of aromatic nitrogens is 1. The first-order chi connectivity index (χ1) is 9.72. The minimum atomic E-state index is -4.52. The summed E-state index contributed by atoms with van der Waals surface area (Å²) in [6, 6.07) is -0.593. The molecule has 7 heteroatoms. The number of carbonyl (C=O) groups is 1. The molecule has 0 spiro atoms. The summed E-state index contributed by atoms with van der Waals surface area (Å²) in [5.41, 5.74) is -0.748. The Labute approximate surface area is 121 Å². The molecule has 0 radical (unpaired) electrons. The van der Waals surface area contributed by atoms with Gasteiger partial charge in [-0.25, -0.2) is 0 Å². The topological polar surface area (TPSA) is 46.1 Å². The molecule has 2 heterocycles. The van der Waals surface area contributed by atoms with E-state index < -0.39 is 23.5 Å². The molecule has 0 unspecified atom stereocenters. The van der Waals surface area contributed by atoms with Crippen molar-refractivity contribution in [1.29, 1.82) is 0 Å². The van der Waals surface area contributed by atoms with E-state index in [1.165, 1.54) is 23.0 Å². The summed E-state index contributed by atoms with van der Waals surface area (Å²) >= 11 is 0. The van der Waals surface area contributed by atoms with E-state index in [9.17, 15) is 18.0 Å². The summed E-state index contributed by atoms with van der Waals surface area (Å²) in [6.07, 6.45) is -0.239. The van der Waals surface area contributed by atoms with Crippen molar-refractivity contribution >= 4 is 5.91 Å². The van der Waals surface area contributed by atoms with Gasteiger partial charge in [0.25, 0.3) is 0 Å². The summed E-state index contributed by atoms with van der Waals surface area (Å²) in [7, 11) is 1.64. The third-order valence-electron chi connectivity index (χ3n) is 3.94. The minimum Gasteiger partial charge on any atom is -0.357 e. The van der Waals surface area contributed by atoms with Crippen LogP contribution in [-0.4, -0.2) is 29.7 Å². The Morgan fingerprint density at radius 3 is 2.71 bits per heavy atom. The fourth-order valence-corrected chi connectivity index (χ4v) is 2.61. The number of amides is 1. The normalized spacial score (nSPS) is 24.6. The molecule has 2 N–H and O–H groups in total. The fourth-order valence-electron chi connectivity index (χ4n) is 2.61. The highest BCUT2D eigenvalue weighted by atomic mass is 19.4. The summed E-state index contributed by atoms with van der Waals surface area (Å²) in [6.45, 7) is 2.90. The zero-order chi connectivity index (χ0) is 15.7. The van der Waals surface area contributed by atoms with Gasteiger partial charge in [-0.2, -0.15) is 13.2 Å². The maximum absolute atomic E-state index is 13.2. The van der Waals surface area contributed by atoms with Gasteiger partial charge in [0, 0.05) is 31.5 Å². The largest absolute Gasteiger partial charge is 0.412 e. The number of aryl methyl sites for hydroxylation is 1. The monoisotopic (exact) mass is 303 g/mol. The molecule has 1 fully saturated rings. The van der Waals surface area contributed by atoms with Crippen LogP contribution in [-0.2, 0) is 11.8 Å². The SMILES string of the molecule is Cn1ccc([C@H](NC(=O)[C@@]2(C)CCCNC2)C(F)(F)F)c1. The first kappa shape index (κ1) is 15.9. The number of nitrogens with zero attached hydrogens (tertiary/aromatic N) is 1. The van der Waals surface area contributed by atoms with Crippen LogP contribution in [0.4, 0.5) is 13.2 Å². The van der Waals surface area contributed by atoms with Crippen LogP contribution in [0.15, 0.2) is 18.5 Å². The third-order valence-corrected chi connectivity index (χ3v) is 3.94. The molecule has 21 heavy (non-hydrogen) atoms. The van der Waals surface area contributed by atoms with Gasteiger partial charge in [0.05, 0.1) is 5.41 Å². The van der Waals surface area contributed by atoms with Crippen LogP contribution in [0.2, 0.25) is 0 Å². The highest BCUT2D eigenvalue weighted by Crippen LogP contribution is 2.35. The van der Waals surface area contributed by atoms with E-state index in [4.69, 9.17) is 0 Å². The van der Waals surface area contributed by atoms with Gasteiger partial charge in [-0.3, -0.25) is 4.79 Å². The Kier molecular flexibility index (Phi) is 4.32. The van der Waals surface area contributed by atoms with Crippen LogP contribution in [0.5, 0.6) is 0 Å². The molecule has 118 valence electrons. The van der Waals surface area contributed by atoms with Crippen molar-refractivity contribution in [3.63, 3.8) is 0 Å². The second-order valence-electron chi connectivity index (χ2n) is 5.90. The van der Waals surface area contributed by atoms with E-state index >= 15 is 0 Å². The molecule has 2 rings (SSSR count). The van der Waals surface area contributed by atoms with Crippen LogP contribution in [0.3, 0.4) is 0 Å². The van der Waals surface area contributed by atoms with Crippen molar-refractivity contribution in [3.05, 3.63) is 24.0 Å². The van der Waals surface area contributed by atoms with Crippen LogP contribution < -0.4 is 10.6 Å². The van der Waals surface area contributed by atoms with Crippen molar-refractivity contribution in [3.8, 4) is 0 Å². The van der Waals surface area contributed by atoms with Crippen LogP contribution in [0.1, 0.15) is 31.4 Å². The van der Waals surface area contributed by atoms with Gasteiger partial charge in [0.1, 0.15) is 0 Å². The van der Waals surface area contributed by atoms with Crippen molar-refractivity contribution in [1.82, 2.24) is 15.2 Å². The lowest BCUT2D eigenvalue weighted by molar-refractivity contribution is -0.166. The number of nitrogens with one attached hydrogen (secondary N) is 2. The van der Waals surface area contributed by atoms with Crippen molar-refractivity contribution in [2.24, 2.45) is 12.5 Å². The molecule has 0 saturated carbocycles. The number of alkyl halides is 3. The maximum Gasteiger partial charge on any atom is 0.412 e. The van der Waals surface area contributed by atoms with Gasteiger partial charge in [-0.05, 0) is 32.4 Å². The molecule has 1 aromatic rings. The zero-order valence-corrected chi connectivity index (χ0v) is 12.1. The molecule has 2 atom stereocenters. The molecular formula is C14H20F3N3O. The molecule has 4 nitrogen and oxygen atoms in total. The zero-order valence-electron chi connectivity index (χ0n) is 12.1. The number of rotatable bonds is 3. The smallest absolute Gasteiger partial charge is 0.357 e. The first-order valence-electron chi connectivity index (χ1n) is 6.93. The van der Waals surface area contributed by atoms with E-state index in [0.717, 1.165) is 13.0 Å². The third kappa shape index (κ3) is 3.58. The number of carbonyl (C=O) groups excluding carboxylic acids is 1. The average Bonchev–Trinajstić information content (AvgIpc) is 2.81. The van der Waals surface area contributed by atoms with Gasteiger partial charge >= 0.3 is 6.18 Å². The lowest BCUT2D eigenvalue weighted by atomic mass is 9.81. The summed E-state index contributed by atoms with van der Waals surface area (Å²) in [5, 5.41) is 5.25.